The van der Waals surface area contributed by atoms with E-state index in [1.54, 1.807) is 36.4 Å². The smallest absolute Gasteiger partial charge is 0.258 e. The number of nitro groups is 3. The van der Waals surface area contributed by atoms with Gasteiger partial charge in [0.15, 0.2) is 4.90 Å². The van der Waals surface area contributed by atoms with Gasteiger partial charge in [0.1, 0.15) is 0 Å². The summed E-state index contributed by atoms with van der Waals surface area (Å²) in [6, 6.07) is 16.5. The lowest BCUT2D eigenvalue weighted by atomic mass is 10.3. The van der Waals surface area contributed by atoms with Gasteiger partial charge in [-0.2, -0.15) is 0 Å². The van der Waals surface area contributed by atoms with Crippen LogP contribution in [0, 0.1) is 30.3 Å². The van der Waals surface area contributed by atoms with E-state index in [9.17, 15) is 42.0 Å². The number of para-hydroxylation sites is 3. The highest BCUT2D eigenvalue weighted by atomic mass is 33.1. The maximum Gasteiger partial charge on any atom is 0.288 e. The second-order valence-electron chi connectivity index (χ2n) is 5.75. The predicted molar refractivity (Wildman–Crippen MR) is 120 cm³/mol. The van der Waals surface area contributed by atoms with E-state index in [1.165, 1.54) is 18.2 Å². The topological polar surface area (TPSA) is 129 Å². The summed E-state index contributed by atoms with van der Waals surface area (Å²) in [5.74, 6) is 0. The minimum absolute atomic E-state index is 0.0106. The monoisotopic (exact) mass is 519 g/mol. The fourth-order valence-electron chi connectivity index (χ4n) is 2.25. The van der Waals surface area contributed by atoms with Crippen LogP contribution in [0.15, 0.2) is 87.5 Å². The van der Waals surface area contributed by atoms with E-state index in [-0.39, 0.29) is 11.4 Å². The van der Waals surface area contributed by atoms with E-state index in [0.29, 0.717) is 15.9 Å². The number of halogens is 3. The second kappa shape index (κ2) is 11.5. The van der Waals surface area contributed by atoms with Crippen LogP contribution in [0.3, 0.4) is 0 Å². The van der Waals surface area contributed by atoms with Crippen molar-refractivity contribution in [1.82, 2.24) is 0 Å². The van der Waals surface area contributed by atoms with Gasteiger partial charge in [0.2, 0.25) is 11.2 Å². The van der Waals surface area contributed by atoms with Crippen molar-refractivity contribution in [2.75, 3.05) is 0 Å². The maximum atomic E-state index is 12.2. The molecule has 0 unspecified atom stereocenters. The van der Waals surface area contributed by atoms with Crippen LogP contribution in [-0.2, 0) is 0 Å². The maximum absolute atomic E-state index is 12.2. The van der Waals surface area contributed by atoms with Crippen molar-refractivity contribution in [3.63, 3.8) is 0 Å². The zero-order valence-electron chi connectivity index (χ0n) is 16.1. The minimum Gasteiger partial charge on any atom is -0.258 e. The molecule has 9 nitrogen and oxygen atoms in total. The molecule has 3 rings (SSSR count). The molecule has 3 aromatic carbocycles. The summed E-state index contributed by atoms with van der Waals surface area (Å²) in [4.78, 5) is 29.8. The van der Waals surface area contributed by atoms with Crippen LogP contribution in [0.1, 0.15) is 0 Å². The average molecular weight is 520 g/mol. The fraction of sp³-hybridized carbons (Fsp3) is 0. The Hall–Kier alpha value is -3.30. The SMILES string of the molecule is O=[N+]([O-])c1ccccc1S(F)(F)F.O=[N+]([O-])c1ccccc1SSc1ccccc1[N+](=O)[O-]. The number of nitrogens with zero attached hydrogens (tertiary/aromatic N) is 3. The van der Waals surface area contributed by atoms with Crippen molar-refractivity contribution in [2.24, 2.45) is 0 Å². The molecule has 0 saturated heterocycles. The molecular weight excluding hydrogens is 507 g/mol. The van der Waals surface area contributed by atoms with E-state index < -0.39 is 36.5 Å². The Labute approximate surface area is 194 Å². The summed E-state index contributed by atoms with van der Waals surface area (Å²) in [5.41, 5.74) is -0.905. The standard InChI is InChI=1S/C12H8N2O4S2.C6H4F3NO2S/c15-13(16)9-5-1-3-7-11(9)19-20-12-8-4-2-6-10(12)14(17)18;7-13(8,9)6-4-2-1-3-5(6)10(11)12/h1-8H;1-4H. The molecule has 0 fully saturated rings. The van der Waals surface area contributed by atoms with Crippen molar-refractivity contribution in [3.8, 4) is 0 Å². The Morgan fingerprint density at radius 2 is 0.909 bits per heavy atom. The largest absolute Gasteiger partial charge is 0.288 e. The minimum atomic E-state index is -5.52. The first-order valence-electron chi connectivity index (χ1n) is 8.49. The van der Waals surface area contributed by atoms with Gasteiger partial charge in [-0.15, -0.1) is 11.7 Å². The highest BCUT2D eigenvalue weighted by Gasteiger charge is 2.32. The Balaban J connectivity index is 0.000000257. The zero-order chi connectivity index (χ0) is 24.6. The summed E-state index contributed by atoms with van der Waals surface area (Å²) < 4.78 is 36.6. The predicted octanol–water partition coefficient (Wildman–Crippen LogP) is 7.71. The van der Waals surface area contributed by atoms with Gasteiger partial charge >= 0.3 is 0 Å². The highest BCUT2D eigenvalue weighted by Crippen LogP contribution is 2.63. The summed E-state index contributed by atoms with van der Waals surface area (Å²) in [6.45, 7) is 0. The third-order valence-corrected chi connectivity index (χ3v) is 6.96. The van der Waals surface area contributed by atoms with Crippen molar-refractivity contribution < 1.29 is 26.4 Å². The lowest BCUT2D eigenvalue weighted by molar-refractivity contribution is -0.388. The number of nitro benzene ring substituents is 3. The van der Waals surface area contributed by atoms with E-state index in [2.05, 4.69) is 0 Å². The van der Waals surface area contributed by atoms with Gasteiger partial charge in [0.05, 0.1) is 24.6 Å². The first-order chi connectivity index (χ1) is 15.5. The fourth-order valence-corrected chi connectivity index (χ4v) is 5.15. The van der Waals surface area contributed by atoms with Crippen molar-refractivity contribution in [2.45, 2.75) is 14.7 Å². The van der Waals surface area contributed by atoms with E-state index in [0.717, 1.165) is 33.7 Å². The van der Waals surface area contributed by atoms with Crippen LogP contribution in [-0.4, -0.2) is 14.8 Å². The van der Waals surface area contributed by atoms with E-state index in [1.807, 2.05) is 0 Å². The Kier molecular flexibility index (Phi) is 9.07. The second-order valence-corrected chi connectivity index (χ2v) is 9.21. The molecule has 0 aliphatic rings. The third-order valence-electron chi connectivity index (χ3n) is 3.66. The molecule has 0 aromatic heterocycles. The summed E-state index contributed by atoms with van der Waals surface area (Å²) >= 11 is -5.52. The molecule has 0 N–H and O–H groups in total. The molecule has 0 aliphatic heterocycles. The first-order valence-corrected chi connectivity index (χ1v) is 12.0. The Morgan fingerprint density at radius 1 is 0.576 bits per heavy atom. The summed E-state index contributed by atoms with van der Waals surface area (Å²) in [5, 5.41) is 32.0. The van der Waals surface area contributed by atoms with Gasteiger partial charge < -0.3 is 0 Å². The normalized spacial score (nSPS) is 11.1. The number of benzene rings is 3. The Morgan fingerprint density at radius 3 is 1.24 bits per heavy atom. The zero-order valence-corrected chi connectivity index (χ0v) is 18.5. The van der Waals surface area contributed by atoms with Crippen LogP contribution in [0.4, 0.5) is 28.7 Å². The van der Waals surface area contributed by atoms with Gasteiger partial charge in [-0.25, -0.2) is 0 Å². The summed E-state index contributed by atoms with van der Waals surface area (Å²) in [6.07, 6.45) is 0. The van der Waals surface area contributed by atoms with Crippen LogP contribution < -0.4 is 0 Å². The lowest BCUT2D eigenvalue weighted by Crippen LogP contribution is -1.92. The molecule has 0 bridgehead atoms. The first kappa shape index (κ1) is 26.0. The van der Waals surface area contributed by atoms with Crippen molar-refractivity contribution in [3.05, 3.63) is 103 Å². The van der Waals surface area contributed by atoms with Crippen LogP contribution >= 0.6 is 32.8 Å². The van der Waals surface area contributed by atoms with Gasteiger partial charge in [0.25, 0.3) is 17.1 Å². The quantitative estimate of drug-likeness (QED) is 0.176. The molecule has 0 radical (unpaired) electrons. The van der Waals surface area contributed by atoms with E-state index >= 15 is 0 Å². The highest BCUT2D eigenvalue weighted by molar-refractivity contribution is 8.76. The number of hydrogen-bond donors (Lipinski definition) is 0. The molecule has 0 amide bonds. The molecule has 0 saturated carbocycles. The van der Waals surface area contributed by atoms with Gasteiger partial charge in [-0.05, 0) is 39.8 Å². The van der Waals surface area contributed by atoms with Crippen molar-refractivity contribution in [1.29, 1.82) is 0 Å². The molecule has 0 spiro atoms. The van der Waals surface area contributed by atoms with E-state index in [4.69, 9.17) is 0 Å². The molecule has 33 heavy (non-hydrogen) atoms. The molecule has 3 aromatic rings. The molecule has 0 atom stereocenters. The lowest BCUT2D eigenvalue weighted by Gasteiger charge is -2.08. The Bertz CT molecular complexity index is 1120. The molecule has 0 heterocycles. The number of rotatable bonds is 7. The molecule has 0 aliphatic carbocycles. The van der Waals surface area contributed by atoms with Crippen molar-refractivity contribution >= 4 is 49.8 Å². The van der Waals surface area contributed by atoms with Crippen LogP contribution in [0.5, 0.6) is 0 Å². The van der Waals surface area contributed by atoms with Gasteiger partial charge in [-0.1, -0.05) is 36.4 Å². The average Bonchev–Trinajstić information content (AvgIpc) is 2.77. The molecule has 174 valence electrons. The summed E-state index contributed by atoms with van der Waals surface area (Å²) in [7, 11) is 2.26. The van der Waals surface area contributed by atoms with Crippen LogP contribution in [0.25, 0.3) is 0 Å². The van der Waals surface area contributed by atoms with Gasteiger partial charge in [0, 0.05) is 18.2 Å². The third kappa shape index (κ3) is 7.37. The molecule has 15 heteroatoms. The molecular formula is C18H12F3N3O6S3. The van der Waals surface area contributed by atoms with Crippen LogP contribution in [0.2, 0.25) is 0 Å². The number of hydrogen-bond acceptors (Lipinski definition) is 8. The van der Waals surface area contributed by atoms with Gasteiger partial charge in [-0.3, -0.25) is 30.3 Å².